The van der Waals surface area contributed by atoms with Crippen LogP contribution in [0.5, 0.6) is 0 Å². The van der Waals surface area contributed by atoms with Crippen LogP contribution in [0.1, 0.15) is 58.8 Å². The average Bonchev–Trinajstić information content (AvgIpc) is 3.13. The Balaban J connectivity index is 1.41. The normalized spacial score (nSPS) is 24.1. The SMILES string of the molecule is Cc1[nH]c2ccc(C(=O)N3[C@@H]4CC[C@H]3C[C@@H](c3ccc(F)cc3)C4)cc2c1C. The van der Waals surface area contributed by atoms with Crippen LogP contribution >= 0.6 is 0 Å². The minimum absolute atomic E-state index is 0.158. The Labute approximate surface area is 164 Å². The van der Waals surface area contributed by atoms with Gasteiger partial charge in [-0.25, -0.2) is 4.39 Å². The molecule has 1 N–H and O–H groups in total. The Bertz CT molecular complexity index is 1040. The number of aryl methyl sites for hydroxylation is 2. The molecule has 2 aliphatic heterocycles. The number of rotatable bonds is 2. The highest BCUT2D eigenvalue weighted by Gasteiger charge is 2.43. The number of carbonyl (C=O) groups excluding carboxylic acids is 1. The van der Waals surface area contributed by atoms with Gasteiger partial charge in [-0.3, -0.25) is 4.79 Å². The van der Waals surface area contributed by atoms with Gasteiger partial charge in [-0.1, -0.05) is 12.1 Å². The Morgan fingerprint density at radius 2 is 1.71 bits per heavy atom. The molecule has 0 radical (unpaired) electrons. The fraction of sp³-hybridized carbons (Fsp3) is 0.375. The quantitative estimate of drug-likeness (QED) is 0.632. The summed E-state index contributed by atoms with van der Waals surface area (Å²) in [7, 11) is 0. The van der Waals surface area contributed by atoms with Crippen molar-refractivity contribution in [2.45, 2.75) is 57.5 Å². The molecule has 0 saturated carbocycles. The van der Waals surface area contributed by atoms with E-state index in [-0.39, 0.29) is 23.8 Å². The zero-order valence-corrected chi connectivity index (χ0v) is 16.3. The van der Waals surface area contributed by atoms with E-state index in [2.05, 4.69) is 23.7 Å². The molecular weight excluding hydrogens is 351 g/mol. The Kier molecular flexibility index (Phi) is 4.04. The van der Waals surface area contributed by atoms with Crippen molar-refractivity contribution >= 4 is 16.8 Å². The second kappa shape index (κ2) is 6.47. The highest BCUT2D eigenvalue weighted by Crippen LogP contribution is 2.43. The fourth-order valence-corrected chi connectivity index (χ4v) is 5.26. The first-order chi connectivity index (χ1) is 13.5. The van der Waals surface area contributed by atoms with Crippen molar-refractivity contribution in [3.63, 3.8) is 0 Å². The first-order valence-corrected chi connectivity index (χ1v) is 10.2. The summed E-state index contributed by atoms with van der Waals surface area (Å²) in [4.78, 5) is 18.9. The van der Waals surface area contributed by atoms with E-state index in [0.717, 1.165) is 47.8 Å². The van der Waals surface area contributed by atoms with E-state index in [1.807, 2.05) is 30.3 Å². The number of piperidine rings is 1. The molecule has 3 heterocycles. The predicted octanol–water partition coefficient (Wildman–Crippen LogP) is 5.47. The molecule has 2 aromatic carbocycles. The maximum atomic E-state index is 13.4. The van der Waals surface area contributed by atoms with Crippen molar-refractivity contribution in [2.75, 3.05) is 0 Å². The van der Waals surface area contributed by atoms with Gasteiger partial charge in [0.25, 0.3) is 5.91 Å². The molecule has 2 bridgehead atoms. The molecule has 2 fully saturated rings. The number of aromatic nitrogens is 1. The highest BCUT2D eigenvalue weighted by atomic mass is 19.1. The molecule has 3 nitrogen and oxygen atoms in total. The van der Waals surface area contributed by atoms with E-state index in [9.17, 15) is 9.18 Å². The molecule has 1 amide bonds. The number of nitrogens with one attached hydrogen (secondary N) is 1. The van der Waals surface area contributed by atoms with Crippen LogP contribution in [-0.2, 0) is 0 Å². The lowest BCUT2D eigenvalue weighted by Crippen LogP contribution is -2.46. The maximum Gasteiger partial charge on any atom is 0.254 e. The summed E-state index contributed by atoms with van der Waals surface area (Å²) in [6, 6.07) is 13.5. The maximum absolute atomic E-state index is 13.4. The van der Waals surface area contributed by atoms with Gasteiger partial charge in [-0.2, -0.15) is 0 Å². The molecule has 1 aromatic heterocycles. The lowest BCUT2D eigenvalue weighted by atomic mass is 9.84. The number of halogens is 1. The summed E-state index contributed by atoms with van der Waals surface area (Å²) in [5, 5.41) is 1.14. The van der Waals surface area contributed by atoms with E-state index in [1.165, 1.54) is 11.1 Å². The van der Waals surface area contributed by atoms with E-state index in [1.54, 1.807) is 12.1 Å². The minimum Gasteiger partial charge on any atom is -0.358 e. The fourth-order valence-electron chi connectivity index (χ4n) is 5.26. The monoisotopic (exact) mass is 376 g/mol. The first-order valence-electron chi connectivity index (χ1n) is 10.2. The summed E-state index contributed by atoms with van der Waals surface area (Å²) in [5.41, 5.74) is 5.43. The number of aromatic amines is 1. The molecule has 3 atom stereocenters. The van der Waals surface area contributed by atoms with Crippen molar-refractivity contribution in [1.29, 1.82) is 0 Å². The number of carbonyl (C=O) groups is 1. The van der Waals surface area contributed by atoms with E-state index in [4.69, 9.17) is 0 Å². The van der Waals surface area contributed by atoms with Crippen LogP contribution in [0.25, 0.3) is 10.9 Å². The Morgan fingerprint density at radius 1 is 1.04 bits per heavy atom. The molecule has 3 aromatic rings. The Morgan fingerprint density at radius 3 is 2.39 bits per heavy atom. The molecule has 144 valence electrons. The number of fused-ring (bicyclic) bond motifs is 3. The molecule has 0 spiro atoms. The van der Waals surface area contributed by atoms with Crippen molar-refractivity contribution in [3.8, 4) is 0 Å². The van der Waals surface area contributed by atoms with Crippen molar-refractivity contribution in [1.82, 2.24) is 9.88 Å². The van der Waals surface area contributed by atoms with Crippen LogP contribution in [0.15, 0.2) is 42.5 Å². The van der Waals surface area contributed by atoms with Crippen LogP contribution in [-0.4, -0.2) is 27.9 Å². The number of H-pyrrole nitrogens is 1. The lowest BCUT2D eigenvalue weighted by molar-refractivity contribution is 0.0571. The van der Waals surface area contributed by atoms with Gasteiger partial charge in [0.2, 0.25) is 0 Å². The molecule has 5 rings (SSSR count). The highest BCUT2D eigenvalue weighted by molar-refractivity contribution is 5.99. The topological polar surface area (TPSA) is 36.1 Å². The summed E-state index contributed by atoms with van der Waals surface area (Å²) >= 11 is 0. The largest absolute Gasteiger partial charge is 0.358 e. The van der Waals surface area contributed by atoms with Crippen LogP contribution < -0.4 is 0 Å². The van der Waals surface area contributed by atoms with E-state index in [0.29, 0.717) is 5.92 Å². The smallest absolute Gasteiger partial charge is 0.254 e. The van der Waals surface area contributed by atoms with Gasteiger partial charge in [-0.05, 0) is 86.9 Å². The van der Waals surface area contributed by atoms with Gasteiger partial charge in [-0.15, -0.1) is 0 Å². The van der Waals surface area contributed by atoms with Crippen LogP contribution in [0.2, 0.25) is 0 Å². The zero-order valence-electron chi connectivity index (χ0n) is 16.3. The first kappa shape index (κ1) is 17.5. The molecule has 2 saturated heterocycles. The van der Waals surface area contributed by atoms with Crippen molar-refractivity contribution < 1.29 is 9.18 Å². The molecule has 0 aliphatic carbocycles. The predicted molar refractivity (Wildman–Crippen MR) is 109 cm³/mol. The second-order valence-corrected chi connectivity index (χ2v) is 8.45. The van der Waals surface area contributed by atoms with Crippen molar-refractivity contribution in [3.05, 3.63) is 70.7 Å². The molecular formula is C24H25FN2O. The lowest BCUT2D eigenvalue weighted by Gasteiger charge is -2.39. The number of hydrogen-bond donors (Lipinski definition) is 1. The third-order valence-electron chi connectivity index (χ3n) is 6.86. The van der Waals surface area contributed by atoms with Gasteiger partial charge < -0.3 is 9.88 Å². The number of amides is 1. The zero-order chi connectivity index (χ0) is 19.4. The number of benzene rings is 2. The summed E-state index contributed by atoms with van der Waals surface area (Å²) < 4.78 is 13.3. The third-order valence-corrected chi connectivity index (χ3v) is 6.86. The Hall–Kier alpha value is -2.62. The standard InChI is InChI=1S/C24H25FN2O/c1-14-15(2)26-23-10-5-17(13-22(14)23)24(28)27-20-8-9-21(27)12-18(11-20)16-3-6-19(25)7-4-16/h3-7,10,13,18,20-21,26H,8-9,11-12H2,1-2H3/t18-,20+,21-. The summed E-state index contributed by atoms with van der Waals surface area (Å²) in [6.07, 6.45) is 4.08. The molecule has 28 heavy (non-hydrogen) atoms. The van der Waals surface area contributed by atoms with Gasteiger partial charge in [0.1, 0.15) is 5.82 Å². The van der Waals surface area contributed by atoms with Crippen LogP contribution in [0.4, 0.5) is 4.39 Å². The van der Waals surface area contributed by atoms with Gasteiger partial charge >= 0.3 is 0 Å². The van der Waals surface area contributed by atoms with Crippen LogP contribution in [0, 0.1) is 19.7 Å². The van der Waals surface area contributed by atoms with Crippen molar-refractivity contribution in [2.24, 2.45) is 0 Å². The minimum atomic E-state index is -0.190. The summed E-state index contributed by atoms with van der Waals surface area (Å²) in [5.74, 6) is 0.384. The average molecular weight is 376 g/mol. The number of nitrogens with zero attached hydrogens (tertiary/aromatic N) is 1. The number of hydrogen-bond acceptors (Lipinski definition) is 1. The second-order valence-electron chi connectivity index (χ2n) is 8.45. The molecule has 0 unspecified atom stereocenters. The molecule has 2 aliphatic rings. The van der Waals surface area contributed by atoms with E-state index >= 15 is 0 Å². The van der Waals surface area contributed by atoms with Gasteiger partial charge in [0, 0.05) is 34.2 Å². The van der Waals surface area contributed by atoms with E-state index < -0.39 is 0 Å². The summed E-state index contributed by atoms with van der Waals surface area (Å²) in [6.45, 7) is 4.16. The third kappa shape index (κ3) is 2.74. The molecule has 4 heteroatoms. The van der Waals surface area contributed by atoms with Crippen LogP contribution in [0.3, 0.4) is 0 Å². The van der Waals surface area contributed by atoms with Gasteiger partial charge in [0.15, 0.2) is 0 Å². The van der Waals surface area contributed by atoms with Gasteiger partial charge in [0.05, 0.1) is 0 Å².